The molecule has 2 amide bonds. The van der Waals surface area contributed by atoms with Gasteiger partial charge in [0.2, 0.25) is 11.8 Å². The minimum absolute atomic E-state index is 0.0975. The Hall–Kier alpha value is -2.49. The van der Waals surface area contributed by atoms with Crippen LogP contribution in [0.1, 0.15) is 57.4 Å². The van der Waals surface area contributed by atoms with Crippen molar-refractivity contribution in [1.29, 1.82) is 0 Å². The number of rotatable bonds is 12. The number of benzene rings is 1. The molecule has 8 nitrogen and oxygen atoms in total. The highest BCUT2D eigenvalue weighted by molar-refractivity contribution is 9.10. The van der Waals surface area contributed by atoms with Crippen molar-refractivity contribution < 1.29 is 34.1 Å². The van der Waals surface area contributed by atoms with Crippen LogP contribution in [0, 0.1) is 17.8 Å². The first kappa shape index (κ1) is 28.5. The van der Waals surface area contributed by atoms with E-state index in [9.17, 15) is 19.5 Å². The van der Waals surface area contributed by atoms with Crippen LogP contribution < -0.4 is 0 Å². The van der Waals surface area contributed by atoms with Gasteiger partial charge in [-0.25, -0.2) is 0 Å². The molecule has 2 N–H and O–H groups in total. The van der Waals surface area contributed by atoms with Gasteiger partial charge in [0, 0.05) is 36.0 Å². The number of aliphatic carboxylic acids is 1. The molecule has 1 aliphatic carbocycles. The quantitative estimate of drug-likeness (QED) is 0.201. The number of imide groups is 1. The number of hydrogen-bond donors (Lipinski definition) is 2. The number of phenols is 1. The van der Waals surface area contributed by atoms with Gasteiger partial charge in [-0.1, -0.05) is 34.0 Å². The van der Waals surface area contributed by atoms with Crippen molar-refractivity contribution in [2.45, 2.75) is 58.0 Å². The van der Waals surface area contributed by atoms with Crippen LogP contribution in [0.25, 0.3) is 6.08 Å². The molecule has 2 heterocycles. The maximum absolute atomic E-state index is 13.4. The number of carboxylic acid groups (broad SMARTS) is 1. The summed E-state index contributed by atoms with van der Waals surface area (Å²) in [4.78, 5) is 38.8. The predicted molar refractivity (Wildman–Crippen MR) is 145 cm³/mol. The van der Waals surface area contributed by atoms with Crippen LogP contribution in [0.2, 0.25) is 0 Å². The topological polar surface area (TPSA) is 113 Å². The first-order chi connectivity index (χ1) is 18.2. The molecule has 38 heavy (non-hydrogen) atoms. The number of amides is 2. The number of likely N-dealkylation sites (tertiary alicyclic amines) is 1. The van der Waals surface area contributed by atoms with Gasteiger partial charge in [0.15, 0.2) is 0 Å². The molecule has 0 aromatic heterocycles. The van der Waals surface area contributed by atoms with E-state index in [-0.39, 0.29) is 41.9 Å². The summed E-state index contributed by atoms with van der Waals surface area (Å²) >= 11 is 3.45. The van der Waals surface area contributed by atoms with Crippen LogP contribution >= 0.6 is 15.9 Å². The van der Waals surface area contributed by atoms with E-state index in [0.29, 0.717) is 45.4 Å². The Balaban J connectivity index is 1.45. The van der Waals surface area contributed by atoms with Gasteiger partial charge in [0.1, 0.15) is 5.75 Å². The maximum atomic E-state index is 13.4. The number of allylic oxidation sites excluding steroid dienone is 1. The van der Waals surface area contributed by atoms with Gasteiger partial charge in [-0.15, -0.1) is 0 Å². The largest absolute Gasteiger partial charge is 0.507 e. The van der Waals surface area contributed by atoms with Crippen LogP contribution in [0.5, 0.6) is 5.75 Å². The van der Waals surface area contributed by atoms with Crippen molar-refractivity contribution in [2.24, 2.45) is 17.8 Å². The number of unbranched alkanes of at least 4 members (excludes halogenated alkanes) is 2. The van der Waals surface area contributed by atoms with Gasteiger partial charge in [-0.2, -0.15) is 0 Å². The van der Waals surface area contributed by atoms with Gasteiger partial charge in [0.25, 0.3) is 0 Å². The zero-order chi connectivity index (χ0) is 27.4. The summed E-state index contributed by atoms with van der Waals surface area (Å²) in [7, 11) is 1.64. The van der Waals surface area contributed by atoms with Gasteiger partial charge < -0.3 is 19.7 Å². The van der Waals surface area contributed by atoms with Crippen LogP contribution in [-0.2, 0) is 23.9 Å². The standard InChI is InChI=1S/C29H36BrNO7/c1-17(12-18-13-20(30)8-9-23(18)32)7-10-24-26-19(15-37-2)14-21-27(22(26)16-38-24)29(36)31(28(21)35)11-5-3-4-6-25(33)34/h8-9,12-13,21-22,24,27,32H,3-7,10-11,14-16H2,1-2H3,(H,33,34)/b17-12+/t21-,22+,24-,27-/m1/s1. The zero-order valence-corrected chi connectivity index (χ0v) is 23.5. The molecule has 0 unspecified atom stereocenters. The molecule has 1 aromatic rings. The lowest BCUT2D eigenvalue weighted by Crippen LogP contribution is -2.35. The molecule has 0 saturated carbocycles. The molecule has 4 rings (SSSR count). The molecular weight excluding hydrogens is 554 g/mol. The summed E-state index contributed by atoms with van der Waals surface area (Å²) in [5.41, 5.74) is 4.04. The lowest BCUT2D eigenvalue weighted by atomic mass is 9.69. The Morgan fingerprint density at radius 2 is 1.97 bits per heavy atom. The molecule has 0 bridgehead atoms. The molecule has 0 spiro atoms. The first-order valence-corrected chi connectivity index (χ1v) is 14.1. The fourth-order valence-electron chi connectivity index (χ4n) is 6.13. The third-order valence-corrected chi connectivity index (χ3v) is 8.38. The number of nitrogens with zero attached hydrogens (tertiary/aromatic N) is 1. The lowest BCUT2D eigenvalue weighted by molar-refractivity contribution is -0.141. The van der Waals surface area contributed by atoms with Gasteiger partial charge in [-0.3, -0.25) is 19.3 Å². The van der Waals surface area contributed by atoms with E-state index in [1.807, 2.05) is 19.1 Å². The Labute approximate surface area is 231 Å². The van der Waals surface area contributed by atoms with Crippen LogP contribution in [0.3, 0.4) is 0 Å². The molecule has 206 valence electrons. The van der Waals surface area contributed by atoms with Gasteiger partial charge >= 0.3 is 5.97 Å². The minimum atomic E-state index is -0.832. The third-order valence-electron chi connectivity index (χ3n) is 7.88. The summed E-state index contributed by atoms with van der Waals surface area (Å²) in [6, 6.07) is 5.33. The number of aromatic hydroxyl groups is 1. The van der Waals surface area contributed by atoms with E-state index in [0.717, 1.165) is 39.6 Å². The number of fused-ring (bicyclic) bond motifs is 3. The van der Waals surface area contributed by atoms with E-state index < -0.39 is 11.9 Å². The molecule has 0 radical (unpaired) electrons. The van der Waals surface area contributed by atoms with Gasteiger partial charge in [0.05, 0.1) is 31.2 Å². The Morgan fingerprint density at radius 1 is 1.18 bits per heavy atom. The summed E-state index contributed by atoms with van der Waals surface area (Å²) in [6.45, 7) is 3.19. The molecule has 2 fully saturated rings. The number of halogens is 1. The summed E-state index contributed by atoms with van der Waals surface area (Å²) < 4.78 is 12.6. The number of ether oxygens (including phenoxy) is 2. The number of hydrogen-bond acceptors (Lipinski definition) is 6. The average molecular weight is 591 g/mol. The van der Waals surface area contributed by atoms with Crippen molar-refractivity contribution in [2.75, 3.05) is 26.9 Å². The van der Waals surface area contributed by atoms with E-state index >= 15 is 0 Å². The van der Waals surface area contributed by atoms with Crippen LogP contribution in [0.4, 0.5) is 0 Å². The van der Waals surface area contributed by atoms with Crippen molar-refractivity contribution in [1.82, 2.24) is 4.90 Å². The highest BCUT2D eigenvalue weighted by Crippen LogP contribution is 2.50. The van der Waals surface area contributed by atoms with Crippen molar-refractivity contribution in [3.05, 3.63) is 45.0 Å². The fraction of sp³-hybridized carbons (Fsp3) is 0.552. The Kier molecular flexibility index (Phi) is 9.44. The second kappa shape index (κ2) is 12.6. The van der Waals surface area contributed by atoms with Crippen molar-refractivity contribution in [3.8, 4) is 5.75 Å². The second-order valence-corrected chi connectivity index (χ2v) is 11.4. The number of carbonyl (C=O) groups is 3. The van der Waals surface area contributed by atoms with Crippen LogP contribution in [0.15, 0.2) is 39.4 Å². The van der Waals surface area contributed by atoms with Crippen molar-refractivity contribution in [3.63, 3.8) is 0 Å². The summed E-state index contributed by atoms with van der Waals surface area (Å²) in [6.07, 6.45) is 5.74. The molecular formula is C29H36BrNO7. The minimum Gasteiger partial charge on any atom is -0.507 e. The number of carboxylic acids is 1. The monoisotopic (exact) mass is 589 g/mol. The van der Waals surface area contributed by atoms with E-state index in [1.165, 1.54) is 4.90 Å². The molecule has 1 aromatic carbocycles. The SMILES string of the molecule is COCC1=C2[C@@H](CC/C(C)=C/c3cc(Br)ccc3O)OC[C@@H]2[C@@H]2C(=O)N(CCCCCC(=O)O)C(=O)[C@@H]2C1. The lowest BCUT2D eigenvalue weighted by Gasteiger charge is -2.31. The summed E-state index contributed by atoms with van der Waals surface area (Å²) in [5, 5.41) is 19.0. The average Bonchev–Trinajstić information content (AvgIpc) is 3.39. The molecule has 3 aliphatic rings. The third kappa shape index (κ3) is 6.21. The molecule has 9 heteroatoms. The molecule has 2 aliphatic heterocycles. The van der Waals surface area contributed by atoms with Crippen LogP contribution in [-0.4, -0.2) is 65.9 Å². The molecule has 4 atom stereocenters. The second-order valence-electron chi connectivity index (χ2n) is 10.5. The van der Waals surface area contributed by atoms with E-state index in [4.69, 9.17) is 14.6 Å². The fourth-order valence-corrected chi connectivity index (χ4v) is 6.50. The number of phenolic OH excluding ortho intramolecular Hbond substituents is 1. The Morgan fingerprint density at radius 3 is 2.71 bits per heavy atom. The smallest absolute Gasteiger partial charge is 0.303 e. The number of methoxy groups -OCH3 is 1. The van der Waals surface area contributed by atoms with E-state index in [1.54, 1.807) is 19.2 Å². The highest BCUT2D eigenvalue weighted by atomic mass is 79.9. The first-order valence-electron chi connectivity index (χ1n) is 13.3. The summed E-state index contributed by atoms with van der Waals surface area (Å²) in [5.74, 6) is -1.77. The molecule has 2 saturated heterocycles. The number of carbonyl (C=O) groups excluding carboxylic acids is 2. The normalized spacial score (nSPS) is 25.2. The predicted octanol–water partition coefficient (Wildman–Crippen LogP) is 4.95. The zero-order valence-electron chi connectivity index (χ0n) is 22.0. The highest BCUT2D eigenvalue weighted by Gasteiger charge is 2.56. The van der Waals surface area contributed by atoms with Gasteiger partial charge in [-0.05, 0) is 68.4 Å². The Bertz CT molecular complexity index is 1140. The van der Waals surface area contributed by atoms with Crippen molar-refractivity contribution >= 4 is 39.8 Å². The maximum Gasteiger partial charge on any atom is 0.303 e. The van der Waals surface area contributed by atoms with E-state index in [2.05, 4.69) is 15.9 Å².